The molecule has 1 aliphatic rings. The Kier molecular flexibility index (Phi) is 3.89. The van der Waals surface area contributed by atoms with Gasteiger partial charge in [0.25, 0.3) is 0 Å². The minimum atomic E-state index is -0.122. The fourth-order valence-corrected chi connectivity index (χ4v) is 2.00. The molecule has 4 heteroatoms. The first-order chi connectivity index (χ1) is 8.19. The van der Waals surface area contributed by atoms with Crippen LogP contribution in [-0.4, -0.2) is 18.7 Å². The normalized spacial score (nSPS) is 23.5. The molecule has 2 atom stereocenters. The maximum Gasteiger partial charge on any atom is 0.309 e. The monoisotopic (exact) mass is 254 g/mol. The first-order valence-corrected chi connectivity index (χ1v) is 6.15. The van der Waals surface area contributed by atoms with Gasteiger partial charge in [0.1, 0.15) is 18.5 Å². The Balaban J connectivity index is 1.83. The third-order valence-electron chi connectivity index (χ3n) is 2.91. The van der Waals surface area contributed by atoms with E-state index in [2.05, 4.69) is 0 Å². The van der Waals surface area contributed by atoms with Crippen molar-refractivity contribution < 1.29 is 14.3 Å². The zero-order valence-electron chi connectivity index (χ0n) is 9.69. The lowest BCUT2D eigenvalue weighted by molar-refractivity contribution is -0.145. The minimum absolute atomic E-state index is 0.0359. The van der Waals surface area contributed by atoms with Gasteiger partial charge in [0.2, 0.25) is 0 Å². The van der Waals surface area contributed by atoms with E-state index >= 15 is 0 Å². The smallest absolute Gasteiger partial charge is 0.309 e. The van der Waals surface area contributed by atoms with Gasteiger partial charge in [-0.1, -0.05) is 18.5 Å². The van der Waals surface area contributed by atoms with Crippen molar-refractivity contribution in [1.29, 1.82) is 0 Å². The molecular weight excluding hydrogens is 240 g/mol. The lowest BCUT2D eigenvalue weighted by atomic mass is 10.0. The van der Waals surface area contributed by atoms with Crippen molar-refractivity contribution in [3.8, 4) is 5.75 Å². The molecule has 1 fully saturated rings. The fourth-order valence-electron chi connectivity index (χ4n) is 1.88. The van der Waals surface area contributed by atoms with E-state index in [0.717, 1.165) is 18.6 Å². The van der Waals surface area contributed by atoms with Crippen LogP contribution in [0.25, 0.3) is 0 Å². The number of benzene rings is 1. The summed E-state index contributed by atoms with van der Waals surface area (Å²) in [5, 5.41) is 0.677. The van der Waals surface area contributed by atoms with Gasteiger partial charge < -0.3 is 9.47 Å². The van der Waals surface area contributed by atoms with Gasteiger partial charge in [-0.15, -0.1) is 0 Å². The third kappa shape index (κ3) is 3.13. The summed E-state index contributed by atoms with van der Waals surface area (Å²) in [6, 6.07) is 7.14. The summed E-state index contributed by atoms with van der Waals surface area (Å²) in [6.45, 7) is 2.40. The van der Waals surface area contributed by atoms with Crippen molar-refractivity contribution in [1.82, 2.24) is 0 Å². The molecule has 0 radical (unpaired) electrons. The summed E-state index contributed by atoms with van der Waals surface area (Å²) in [4.78, 5) is 11.4. The van der Waals surface area contributed by atoms with Gasteiger partial charge in [-0.25, -0.2) is 0 Å². The average molecular weight is 255 g/mol. The highest BCUT2D eigenvalue weighted by atomic mass is 35.5. The Labute approximate surface area is 106 Å². The summed E-state index contributed by atoms with van der Waals surface area (Å²) in [6.07, 6.45) is 1.46. The number of rotatable bonds is 4. The van der Waals surface area contributed by atoms with Gasteiger partial charge in [0.15, 0.2) is 0 Å². The van der Waals surface area contributed by atoms with Gasteiger partial charge in [0.05, 0.1) is 5.92 Å². The Hall–Kier alpha value is -1.22. The number of carbonyl (C=O) groups excluding carboxylic acids is 1. The van der Waals surface area contributed by atoms with Crippen molar-refractivity contribution in [3.63, 3.8) is 0 Å². The van der Waals surface area contributed by atoms with Crippen LogP contribution in [-0.2, 0) is 9.53 Å². The molecule has 0 saturated carbocycles. The summed E-state index contributed by atoms with van der Waals surface area (Å²) in [5.74, 6) is 0.677. The molecule has 0 N–H and O–H groups in total. The average Bonchev–Trinajstić information content (AvgIpc) is 2.69. The molecule has 3 nitrogen and oxygen atoms in total. The van der Waals surface area contributed by atoms with Crippen LogP contribution in [0.5, 0.6) is 5.75 Å². The molecule has 0 spiro atoms. The van der Waals surface area contributed by atoms with Crippen LogP contribution in [0.3, 0.4) is 0 Å². The van der Waals surface area contributed by atoms with Crippen LogP contribution < -0.4 is 4.74 Å². The number of carbonyl (C=O) groups is 1. The van der Waals surface area contributed by atoms with Crippen LogP contribution in [0.15, 0.2) is 24.3 Å². The predicted molar refractivity (Wildman–Crippen MR) is 65.2 cm³/mol. The Morgan fingerprint density at radius 2 is 2.12 bits per heavy atom. The predicted octanol–water partition coefficient (Wildman–Crippen LogP) is 3.06. The molecule has 0 aromatic heterocycles. The van der Waals surface area contributed by atoms with Crippen LogP contribution in [0.2, 0.25) is 5.02 Å². The van der Waals surface area contributed by atoms with Crippen molar-refractivity contribution in [3.05, 3.63) is 29.3 Å². The zero-order chi connectivity index (χ0) is 12.3. The number of halogens is 1. The van der Waals surface area contributed by atoms with E-state index in [4.69, 9.17) is 21.1 Å². The van der Waals surface area contributed by atoms with Gasteiger partial charge in [-0.3, -0.25) is 4.79 Å². The summed E-state index contributed by atoms with van der Waals surface area (Å²) in [5.41, 5.74) is 0. The molecule has 1 aromatic rings. The second-order valence-corrected chi connectivity index (χ2v) is 4.60. The van der Waals surface area contributed by atoms with Crippen LogP contribution in [0.1, 0.15) is 19.8 Å². The SMILES string of the molecule is CCC1CC(COc2ccc(Cl)cc2)OC1=O. The largest absolute Gasteiger partial charge is 0.490 e. The first-order valence-electron chi connectivity index (χ1n) is 5.78. The molecule has 92 valence electrons. The van der Waals surface area contributed by atoms with Crippen LogP contribution in [0.4, 0.5) is 0 Å². The topological polar surface area (TPSA) is 35.5 Å². The molecule has 2 unspecified atom stereocenters. The molecule has 1 saturated heterocycles. The summed E-state index contributed by atoms with van der Waals surface area (Å²) < 4.78 is 10.8. The molecule has 1 aliphatic heterocycles. The molecule has 1 heterocycles. The van der Waals surface area contributed by atoms with Crippen molar-refractivity contribution in [2.75, 3.05) is 6.61 Å². The fraction of sp³-hybridized carbons (Fsp3) is 0.462. The maximum absolute atomic E-state index is 11.4. The summed E-state index contributed by atoms with van der Waals surface area (Å²) >= 11 is 5.77. The molecule has 0 aliphatic carbocycles. The number of hydrogen-bond acceptors (Lipinski definition) is 3. The van der Waals surface area contributed by atoms with Crippen LogP contribution in [0, 0.1) is 5.92 Å². The van der Waals surface area contributed by atoms with Crippen molar-refractivity contribution in [2.24, 2.45) is 5.92 Å². The van der Waals surface area contributed by atoms with E-state index in [1.807, 2.05) is 6.92 Å². The zero-order valence-corrected chi connectivity index (χ0v) is 10.4. The van der Waals surface area contributed by atoms with Crippen molar-refractivity contribution in [2.45, 2.75) is 25.9 Å². The van der Waals surface area contributed by atoms with Gasteiger partial charge >= 0.3 is 5.97 Å². The minimum Gasteiger partial charge on any atom is -0.490 e. The second kappa shape index (κ2) is 5.41. The van der Waals surface area contributed by atoms with E-state index in [1.165, 1.54) is 0 Å². The second-order valence-electron chi connectivity index (χ2n) is 4.16. The standard InChI is InChI=1S/C13H15ClO3/c1-2-9-7-12(17-13(9)15)8-16-11-5-3-10(14)4-6-11/h3-6,9,12H,2,7-8H2,1H3. The number of hydrogen-bond donors (Lipinski definition) is 0. The number of esters is 1. The lowest BCUT2D eigenvalue weighted by Gasteiger charge is -2.11. The van der Waals surface area contributed by atoms with Gasteiger partial charge in [0, 0.05) is 11.4 Å². The van der Waals surface area contributed by atoms with Gasteiger partial charge in [-0.05, 0) is 30.7 Å². The van der Waals surface area contributed by atoms with E-state index in [0.29, 0.717) is 11.6 Å². The quantitative estimate of drug-likeness (QED) is 0.775. The summed E-state index contributed by atoms with van der Waals surface area (Å²) in [7, 11) is 0. The highest BCUT2D eigenvalue weighted by Crippen LogP contribution is 2.24. The van der Waals surface area contributed by atoms with E-state index in [-0.39, 0.29) is 18.0 Å². The molecule has 1 aromatic carbocycles. The Morgan fingerprint density at radius 1 is 1.41 bits per heavy atom. The van der Waals surface area contributed by atoms with E-state index < -0.39 is 0 Å². The highest BCUT2D eigenvalue weighted by Gasteiger charge is 2.33. The van der Waals surface area contributed by atoms with Crippen molar-refractivity contribution >= 4 is 17.6 Å². The number of ether oxygens (including phenoxy) is 2. The molecular formula is C13H15ClO3. The highest BCUT2D eigenvalue weighted by molar-refractivity contribution is 6.30. The van der Waals surface area contributed by atoms with E-state index in [1.54, 1.807) is 24.3 Å². The number of cyclic esters (lactones) is 1. The molecule has 0 amide bonds. The first kappa shape index (κ1) is 12.2. The van der Waals surface area contributed by atoms with Gasteiger partial charge in [-0.2, -0.15) is 0 Å². The third-order valence-corrected chi connectivity index (χ3v) is 3.16. The Bertz CT molecular complexity index is 388. The van der Waals surface area contributed by atoms with Crippen LogP contribution >= 0.6 is 11.6 Å². The molecule has 2 rings (SSSR count). The van der Waals surface area contributed by atoms with E-state index in [9.17, 15) is 4.79 Å². The molecule has 0 bridgehead atoms. The molecule has 17 heavy (non-hydrogen) atoms. The Morgan fingerprint density at radius 3 is 2.71 bits per heavy atom. The lowest BCUT2D eigenvalue weighted by Crippen LogP contribution is -2.17. The maximum atomic E-state index is 11.4.